The molecule has 0 bridgehead atoms. The summed E-state index contributed by atoms with van der Waals surface area (Å²) in [5.41, 5.74) is 0.611. The van der Waals surface area contributed by atoms with E-state index < -0.39 is 0 Å². The van der Waals surface area contributed by atoms with E-state index >= 15 is 0 Å². The topological polar surface area (TPSA) is 0 Å². The summed E-state index contributed by atoms with van der Waals surface area (Å²) in [5.74, 6) is 1.02. The zero-order chi connectivity index (χ0) is 7.03. The molecule has 0 N–H and O–H groups in total. The molecule has 0 unspecified atom stereocenters. The van der Waals surface area contributed by atoms with Gasteiger partial charge in [0.25, 0.3) is 0 Å². The molecule has 2 aliphatic carbocycles. The maximum Gasteiger partial charge on any atom is -0.00927 e. The van der Waals surface area contributed by atoms with Crippen LogP contribution in [0.1, 0.15) is 38.5 Å². The second kappa shape index (κ2) is 2.11. The predicted octanol–water partition coefficient (Wildman–Crippen LogP) is 3.14. The maximum atomic E-state index is 3.98. The molecule has 0 aromatic rings. The highest BCUT2D eigenvalue weighted by molar-refractivity contribution is 5.06. The van der Waals surface area contributed by atoms with E-state index in [-0.39, 0.29) is 0 Å². The molecule has 2 rings (SSSR count). The van der Waals surface area contributed by atoms with Gasteiger partial charge in [-0.15, -0.1) is 6.58 Å². The largest absolute Gasteiger partial charge is 0.103 e. The van der Waals surface area contributed by atoms with Gasteiger partial charge in [-0.2, -0.15) is 0 Å². The lowest BCUT2D eigenvalue weighted by Crippen LogP contribution is -2.15. The van der Waals surface area contributed by atoms with E-state index in [1.54, 1.807) is 0 Å². The van der Waals surface area contributed by atoms with Crippen LogP contribution in [0.5, 0.6) is 0 Å². The molecule has 0 aliphatic heterocycles. The molecule has 0 spiro atoms. The van der Waals surface area contributed by atoms with Gasteiger partial charge in [-0.05, 0) is 37.0 Å². The Morgan fingerprint density at radius 1 is 1.20 bits per heavy atom. The highest BCUT2D eigenvalue weighted by Gasteiger charge is 2.43. The lowest BCUT2D eigenvalue weighted by Gasteiger charge is -2.24. The van der Waals surface area contributed by atoms with E-state index in [2.05, 4.69) is 12.7 Å². The van der Waals surface area contributed by atoms with Gasteiger partial charge >= 0.3 is 0 Å². The standard InChI is InChI=1S/C10H16/c1-2-10-7-3-5-9(10)6-4-8-10/h2,9H,1,3-8H2. The number of fused-ring (bicyclic) bond motifs is 1. The Kier molecular flexibility index (Phi) is 1.36. The molecule has 0 heterocycles. The molecule has 0 atom stereocenters. The number of hydrogen-bond acceptors (Lipinski definition) is 0. The first kappa shape index (κ1) is 6.45. The lowest BCUT2D eigenvalue weighted by molar-refractivity contribution is 0.329. The van der Waals surface area contributed by atoms with Crippen LogP contribution < -0.4 is 0 Å². The normalized spacial score (nSPS) is 45.4. The van der Waals surface area contributed by atoms with Crippen molar-refractivity contribution in [2.75, 3.05) is 0 Å². The molecule has 0 radical (unpaired) electrons. The molecule has 2 fully saturated rings. The molecule has 0 heteroatoms. The van der Waals surface area contributed by atoms with Gasteiger partial charge in [-0.3, -0.25) is 0 Å². The second-order valence-corrected chi connectivity index (χ2v) is 3.92. The zero-order valence-corrected chi connectivity index (χ0v) is 6.60. The van der Waals surface area contributed by atoms with E-state index in [4.69, 9.17) is 0 Å². The summed E-state index contributed by atoms with van der Waals surface area (Å²) in [6, 6.07) is 0. The van der Waals surface area contributed by atoms with Crippen molar-refractivity contribution in [2.45, 2.75) is 38.5 Å². The molecule has 0 amide bonds. The quantitative estimate of drug-likeness (QED) is 0.486. The smallest absolute Gasteiger partial charge is 0.00927 e. The van der Waals surface area contributed by atoms with Crippen LogP contribution in [-0.2, 0) is 0 Å². The van der Waals surface area contributed by atoms with E-state index in [0.29, 0.717) is 5.41 Å². The van der Waals surface area contributed by atoms with Crippen molar-refractivity contribution < 1.29 is 0 Å². The maximum absolute atomic E-state index is 3.98. The summed E-state index contributed by atoms with van der Waals surface area (Å²) in [5, 5.41) is 0. The van der Waals surface area contributed by atoms with Crippen LogP contribution >= 0.6 is 0 Å². The Balaban J connectivity index is 2.23. The fourth-order valence-electron chi connectivity index (χ4n) is 2.98. The molecule has 0 saturated heterocycles. The van der Waals surface area contributed by atoms with E-state index in [1.165, 1.54) is 38.5 Å². The fourth-order valence-corrected chi connectivity index (χ4v) is 2.98. The van der Waals surface area contributed by atoms with Crippen LogP contribution in [0.25, 0.3) is 0 Å². The predicted molar refractivity (Wildman–Crippen MR) is 43.8 cm³/mol. The minimum absolute atomic E-state index is 0.611. The van der Waals surface area contributed by atoms with Crippen LogP contribution in [0.15, 0.2) is 12.7 Å². The summed E-state index contributed by atoms with van der Waals surface area (Å²) in [6.07, 6.45) is 11.0. The molecule has 2 saturated carbocycles. The Bertz CT molecular complexity index is 136. The van der Waals surface area contributed by atoms with Crippen LogP contribution in [0.2, 0.25) is 0 Å². The SMILES string of the molecule is C=CC12CCCC1CCC2. The lowest BCUT2D eigenvalue weighted by atomic mass is 9.81. The number of rotatable bonds is 1. The van der Waals surface area contributed by atoms with E-state index in [9.17, 15) is 0 Å². The molecular weight excluding hydrogens is 120 g/mol. The Labute approximate surface area is 63.3 Å². The third-order valence-electron chi connectivity index (χ3n) is 3.61. The van der Waals surface area contributed by atoms with E-state index in [0.717, 1.165) is 5.92 Å². The molecule has 56 valence electrons. The van der Waals surface area contributed by atoms with Gasteiger partial charge in [0.1, 0.15) is 0 Å². The Morgan fingerprint density at radius 3 is 2.20 bits per heavy atom. The monoisotopic (exact) mass is 136 g/mol. The summed E-state index contributed by atoms with van der Waals surface area (Å²) in [7, 11) is 0. The first-order valence-corrected chi connectivity index (χ1v) is 4.51. The molecular formula is C10H16. The van der Waals surface area contributed by atoms with Crippen LogP contribution in [-0.4, -0.2) is 0 Å². The molecule has 2 aliphatic rings. The van der Waals surface area contributed by atoms with Crippen LogP contribution in [0, 0.1) is 11.3 Å². The van der Waals surface area contributed by atoms with Gasteiger partial charge in [0.05, 0.1) is 0 Å². The van der Waals surface area contributed by atoms with Crippen molar-refractivity contribution in [3.8, 4) is 0 Å². The number of allylic oxidation sites excluding steroid dienone is 1. The van der Waals surface area contributed by atoms with Crippen molar-refractivity contribution in [1.82, 2.24) is 0 Å². The number of hydrogen-bond donors (Lipinski definition) is 0. The van der Waals surface area contributed by atoms with Gasteiger partial charge in [-0.1, -0.05) is 18.9 Å². The summed E-state index contributed by atoms with van der Waals surface area (Å²) >= 11 is 0. The van der Waals surface area contributed by atoms with Gasteiger partial charge < -0.3 is 0 Å². The second-order valence-electron chi connectivity index (χ2n) is 3.92. The first-order chi connectivity index (χ1) is 4.87. The van der Waals surface area contributed by atoms with Crippen molar-refractivity contribution in [3.05, 3.63) is 12.7 Å². The highest BCUT2D eigenvalue weighted by atomic mass is 14.5. The molecule has 10 heavy (non-hydrogen) atoms. The minimum atomic E-state index is 0.611. The van der Waals surface area contributed by atoms with Gasteiger partial charge in [0.15, 0.2) is 0 Å². The van der Waals surface area contributed by atoms with Gasteiger partial charge in [0.2, 0.25) is 0 Å². The summed E-state index contributed by atoms with van der Waals surface area (Å²) in [4.78, 5) is 0. The highest BCUT2D eigenvalue weighted by Crippen LogP contribution is 2.54. The first-order valence-electron chi connectivity index (χ1n) is 4.51. The average molecular weight is 136 g/mol. The Hall–Kier alpha value is -0.260. The third-order valence-corrected chi connectivity index (χ3v) is 3.61. The molecule has 0 aromatic heterocycles. The molecule has 0 nitrogen and oxygen atoms in total. The average Bonchev–Trinajstić information content (AvgIpc) is 2.42. The van der Waals surface area contributed by atoms with Gasteiger partial charge in [-0.25, -0.2) is 0 Å². The fraction of sp³-hybridized carbons (Fsp3) is 0.800. The Morgan fingerprint density at radius 2 is 1.80 bits per heavy atom. The summed E-state index contributed by atoms with van der Waals surface area (Å²) in [6.45, 7) is 3.98. The summed E-state index contributed by atoms with van der Waals surface area (Å²) < 4.78 is 0. The van der Waals surface area contributed by atoms with Crippen LogP contribution in [0.3, 0.4) is 0 Å². The van der Waals surface area contributed by atoms with E-state index in [1.807, 2.05) is 0 Å². The third kappa shape index (κ3) is 0.680. The van der Waals surface area contributed by atoms with Crippen molar-refractivity contribution in [2.24, 2.45) is 11.3 Å². The minimum Gasteiger partial charge on any atom is -0.103 e. The van der Waals surface area contributed by atoms with Crippen molar-refractivity contribution in [3.63, 3.8) is 0 Å². The van der Waals surface area contributed by atoms with Gasteiger partial charge in [0, 0.05) is 0 Å². The van der Waals surface area contributed by atoms with Crippen molar-refractivity contribution >= 4 is 0 Å². The zero-order valence-electron chi connectivity index (χ0n) is 6.60. The van der Waals surface area contributed by atoms with Crippen LogP contribution in [0.4, 0.5) is 0 Å². The van der Waals surface area contributed by atoms with Crippen molar-refractivity contribution in [1.29, 1.82) is 0 Å². The molecule has 0 aromatic carbocycles.